The molecular formula is C23H19N3O5. The van der Waals surface area contributed by atoms with Gasteiger partial charge in [-0.15, -0.1) is 0 Å². The number of carbonyl (C=O) groups excluding carboxylic acids is 1. The Morgan fingerprint density at radius 1 is 1.03 bits per heavy atom. The Labute approximate surface area is 177 Å². The number of aromatic hydroxyl groups is 1. The molecule has 8 heteroatoms. The second-order valence-electron chi connectivity index (χ2n) is 6.53. The summed E-state index contributed by atoms with van der Waals surface area (Å²) in [6.45, 7) is 0. The minimum absolute atomic E-state index is 0.0372. The molecule has 31 heavy (non-hydrogen) atoms. The molecule has 2 heterocycles. The van der Waals surface area contributed by atoms with E-state index in [9.17, 15) is 9.90 Å². The highest BCUT2D eigenvalue weighted by Gasteiger charge is 2.15. The standard InChI is InChI=1S/C23H19N3O5/c1-29-17-5-6-20(30-2)19(13-17)26-23-18(22(28)25-15-7-9-24-10-8-15)11-14-3-4-16(27)12-21(14)31-23/h3-13,27H,1-2H3,(H,24,25,28). The predicted molar refractivity (Wildman–Crippen MR) is 115 cm³/mol. The highest BCUT2D eigenvalue weighted by Crippen LogP contribution is 2.31. The van der Waals surface area contributed by atoms with Gasteiger partial charge in [-0.25, -0.2) is 4.99 Å². The van der Waals surface area contributed by atoms with Crippen LogP contribution < -0.4 is 20.3 Å². The van der Waals surface area contributed by atoms with E-state index in [-0.39, 0.29) is 16.9 Å². The Hall–Kier alpha value is -4.33. The lowest BCUT2D eigenvalue weighted by molar-refractivity contribution is 0.102. The third-order valence-electron chi connectivity index (χ3n) is 4.52. The lowest BCUT2D eigenvalue weighted by atomic mass is 10.1. The first-order valence-electron chi connectivity index (χ1n) is 9.32. The van der Waals surface area contributed by atoms with Crippen molar-refractivity contribution in [3.8, 4) is 17.2 Å². The van der Waals surface area contributed by atoms with E-state index >= 15 is 0 Å². The molecule has 0 aliphatic heterocycles. The van der Waals surface area contributed by atoms with Gasteiger partial charge in [0.1, 0.15) is 34.1 Å². The first kappa shape index (κ1) is 20.0. The van der Waals surface area contributed by atoms with Gasteiger partial charge >= 0.3 is 0 Å². The van der Waals surface area contributed by atoms with Crippen LogP contribution in [0.2, 0.25) is 0 Å². The van der Waals surface area contributed by atoms with E-state index < -0.39 is 5.91 Å². The normalized spacial score (nSPS) is 11.4. The molecule has 0 spiro atoms. The van der Waals surface area contributed by atoms with Gasteiger partial charge in [-0.2, -0.15) is 0 Å². The van der Waals surface area contributed by atoms with Crippen molar-refractivity contribution in [3.63, 3.8) is 0 Å². The maximum absolute atomic E-state index is 13.1. The van der Waals surface area contributed by atoms with Crippen molar-refractivity contribution in [2.75, 3.05) is 19.5 Å². The second kappa shape index (κ2) is 8.58. The van der Waals surface area contributed by atoms with E-state index in [0.29, 0.717) is 33.8 Å². The topological polar surface area (TPSA) is 106 Å². The summed E-state index contributed by atoms with van der Waals surface area (Å²) in [4.78, 5) is 21.5. The van der Waals surface area contributed by atoms with Crippen LogP contribution in [0, 0.1) is 0 Å². The molecule has 0 bridgehead atoms. The number of carbonyl (C=O) groups is 1. The van der Waals surface area contributed by atoms with Crippen LogP contribution in [0.3, 0.4) is 0 Å². The van der Waals surface area contributed by atoms with E-state index in [1.54, 1.807) is 62.0 Å². The van der Waals surface area contributed by atoms with Crippen molar-refractivity contribution < 1.29 is 23.8 Å². The fourth-order valence-electron chi connectivity index (χ4n) is 2.98. The lowest BCUT2D eigenvalue weighted by Crippen LogP contribution is -2.21. The van der Waals surface area contributed by atoms with E-state index in [0.717, 1.165) is 0 Å². The second-order valence-corrected chi connectivity index (χ2v) is 6.53. The molecule has 0 fully saturated rings. The van der Waals surface area contributed by atoms with Crippen LogP contribution in [-0.2, 0) is 0 Å². The number of amides is 1. The average molecular weight is 417 g/mol. The van der Waals surface area contributed by atoms with Crippen LogP contribution in [0.5, 0.6) is 17.2 Å². The number of aromatic nitrogens is 1. The van der Waals surface area contributed by atoms with Crippen LogP contribution in [-0.4, -0.2) is 30.2 Å². The molecule has 0 saturated heterocycles. The number of ether oxygens (including phenoxy) is 2. The van der Waals surface area contributed by atoms with Gasteiger partial charge in [0.15, 0.2) is 0 Å². The number of hydrogen-bond acceptors (Lipinski definition) is 7. The number of rotatable bonds is 5. The van der Waals surface area contributed by atoms with Gasteiger partial charge < -0.3 is 24.3 Å². The molecule has 2 aromatic carbocycles. The van der Waals surface area contributed by atoms with Crippen molar-refractivity contribution in [3.05, 3.63) is 78.1 Å². The number of fused-ring (bicyclic) bond motifs is 1. The number of nitrogens with one attached hydrogen (secondary N) is 1. The number of anilines is 1. The molecule has 2 N–H and O–H groups in total. The number of phenolic OH excluding ortho intramolecular Hbond substituents is 1. The third-order valence-corrected chi connectivity index (χ3v) is 4.52. The molecule has 0 aliphatic carbocycles. The number of nitrogens with zero attached hydrogens (tertiary/aromatic N) is 2. The van der Waals surface area contributed by atoms with Gasteiger partial charge in [0.2, 0.25) is 5.55 Å². The first-order chi connectivity index (χ1) is 15.1. The Bertz CT molecular complexity index is 1320. The van der Waals surface area contributed by atoms with Crippen molar-refractivity contribution in [2.45, 2.75) is 0 Å². The van der Waals surface area contributed by atoms with Crippen LogP contribution in [0.1, 0.15) is 10.4 Å². The maximum atomic E-state index is 13.1. The summed E-state index contributed by atoms with van der Waals surface area (Å²) in [5, 5.41) is 13.3. The Kier molecular flexibility index (Phi) is 5.53. The number of methoxy groups -OCH3 is 2. The molecule has 0 aliphatic rings. The van der Waals surface area contributed by atoms with E-state index in [1.807, 2.05) is 0 Å². The molecule has 4 rings (SSSR count). The fraction of sp³-hybridized carbons (Fsp3) is 0.0870. The van der Waals surface area contributed by atoms with Crippen molar-refractivity contribution in [2.24, 2.45) is 4.99 Å². The number of phenols is 1. The molecule has 0 saturated carbocycles. The van der Waals surface area contributed by atoms with Crippen molar-refractivity contribution in [1.29, 1.82) is 0 Å². The molecule has 4 aromatic rings. The zero-order valence-electron chi connectivity index (χ0n) is 16.8. The smallest absolute Gasteiger partial charge is 0.261 e. The summed E-state index contributed by atoms with van der Waals surface area (Å²) < 4.78 is 16.6. The van der Waals surface area contributed by atoms with Gasteiger partial charge in [0, 0.05) is 35.6 Å². The molecular weight excluding hydrogens is 398 g/mol. The summed E-state index contributed by atoms with van der Waals surface area (Å²) in [5.41, 5.74) is 1.64. The quantitative estimate of drug-likeness (QED) is 0.508. The largest absolute Gasteiger partial charge is 0.508 e. The van der Waals surface area contributed by atoms with Gasteiger partial charge in [-0.1, -0.05) is 0 Å². The Balaban J connectivity index is 1.91. The molecule has 156 valence electrons. The van der Waals surface area contributed by atoms with Crippen LogP contribution >= 0.6 is 0 Å². The summed E-state index contributed by atoms with van der Waals surface area (Å²) >= 11 is 0. The highest BCUT2D eigenvalue weighted by atomic mass is 16.5. The van der Waals surface area contributed by atoms with E-state index in [1.165, 1.54) is 19.2 Å². The molecule has 8 nitrogen and oxygen atoms in total. The van der Waals surface area contributed by atoms with Gasteiger partial charge in [0.05, 0.1) is 14.2 Å². The summed E-state index contributed by atoms with van der Waals surface area (Å²) in [6, 6.07) is 14.8. The van der Waals surface area contributed by atoms with E-state index in [4.69, 9.17) is 13.9 Å². The minimum atomic E-state index is -0.412. The van der Waals surface area contributed by atoms with Gasteiger partial charge in [0.25, 0.3) is 5.91 Å². The predicted octanol–water partition coefficient (Wildman–Crippen LogP) is 4.04. The summed E-state index contributed by atoms with van der Waals surface area (Å²) in [6.07, 6.45) is 3.16. The summed E-state index contributed by atoms with van der Waals surface area (Å²) in [5.74, 6) is 0.675. The minimum Gasteiger partial charge on any atom is -0.508 e. The SMILES string of the molecule is COc1ccc(OC)c(N=c2oc3cc(O)ccc3cc2C(=O)Nc2ccncc2)c1. The van der Waals surface area contributed by atoms with Gasteiger partial charge in [-0.3, -0.25) is 9.78 Å². The van der Waals surface area contributed by atoms with Crippen molar-refractivity contribution >= 4 is 28.3 Å². The summed E-state index contributed by atoms with van der Waals surface area (Å²) in [7, 11) is 3.07. The fourth-order valence-corrected chi connectivity index (χ4v) is 2.98. The van der Waals surface area contributed by atoms with Crippen LogP contribution in [0.25, 0.3) is 11.0 Å². The van der Waals surface area contributed by atoms with Gasteiger partial charge in [-0.05, 0) is 42.5 Å². The average Bonchev–Trinajstić information content (AvgIpc) is 2.79. The monoisotopic (exact) mass is 417 g/mol. The van der Waals surface area contributed by atoms with Crippen molar-refractivity contribution in [1.82, 2.24) is 4.98 Å². The van der Waals surface area contributed by atoms with Crippen LogP contribution in [0.4, 0.5) is 11.4 Å². The van der Waals surface area contributed by atoms with E-state index in [2.05, 4.69) is 15.3 Å². The Morgan fingerprint density at radius 3 is 2.58 bits per heavy atom. The third kappa shape index (κ3) is 4.32. The Morgan fingerprint density at radius 2 is 1.84 bits per heavy atom. The zero-order valence-corrected chi connectivity index (χ0v) is 16.8. The number of hydrogen-bond donors (Lipinski definition) is 2. The molecule has 0 unspecified atom stereocenters. The zero-order chi connectivity index (χ0) is 21.8. The highest BCUT2D eigenvalue weighted by molar-refractivity contribution is 6.05. The lowest BCUT2D eigenvalue weighted by Gasteiger charge is -2.09. The number of benzene rings is 2. The van der Waals surface area contributed by atoms with Crippen LogP contribution in [0.15, 0.2) is 76.4 Å². The maximum Gasteiger partial charge on any atom is 0.261 e. The number of pyridine rings is 1. The molecule has 0 radical (unpaired) electrons. The molecule has 2 aromatic heterocycles. The first-order valence-corrected chi connectivity index (χ1v) is 9.32. The molecule has 1 amide bonds. The molecule has 0 atom stereocenters.